The fourth-order valence-electron chi connectivity index (χ4n) is 3.68. The van der Waals surface area contributed by atoms with Gasteiger partial charge < -0.3 is 8.85 Å². The second-order valence-electron chi connectivity index (χ2n) is 7.52. The largest absolute Gasteiger partial charge is 0.394 e. The van der Waals surface area contributed by atoms with E-state index < -0.39 is 8.56 Å². The summed E-state index contributed by atoms with van der Waals surface area (Å²) in [6.07, 6.45) is 19.2. The molecule has 0 aliphatic rings. The normalized spacial score (nSPS) is 12.0. The quantitative estimate of drug-likeness (QED) is 0.159. The molecule has 0 rings (SSSR count). The molecule has 3 heteroatoms. The Morgan fingerprint density at radius 1 is 0.440 bits per heavy atom. The van der Waals surface area contributed by atoms with Crippen molar-refractivity contribution in [3.8, 4) is 0 Å². The minimum absolute atomic E-state index is 0.819. The number of hydrogen-bond donors (Lipinski definition) is 0. The average Bonchev–Trinajstić information content (AvgIpc) is 2.61. The Morgan fingerprint density at radius 2 is 0.760 bits per heavy atom. The maximum absolute atomic E-state index is 6.27. The molecule has 0 aromatic rings. The Balaban J connectivity index is 4.04. The molecule has 152 valence electrons. The van der Waals surface area contributed by atoms with Gasteiger partial charge in [0.1, 0.15) is 0 Å². The topological polar surface area (TPSA) is 18.5 Å². The minimum Gasteiger partial charge on any atom is -0.394 e. The summed E-state index contributed by atoms with van der Waals surface area (Å²) >= 11 is 0. The first-order valence-corrected chi connectivity index (χ1v) is 13.8. The molecule has 0 unspecified atom stereocenters. The Bertz CT molecular complexity index is 252. The molecule has 0 aliphatic heterocycles. The summed E-state index contributed by atoms with van der Waals surface area (Å²) < 4.78 is 12.5. The molecule has 0 spiro atoms. The molecule has 0 aromatic carbocycles. The Hall–Kier alpha value is 0.137. The van der Waals surface area contributed by atoms with E-state index >= 15 is 0 Å². The van der Waals surface area contributed by atoms with E-state index in [9.17, 15) is 0 Å². The van der Waals surface area contributed by atoms with Gasteiger partial charge in [-0.1, -0.05) is 104 Å². The molecule has 0 amide bonds. The highest BCUT2D eigenvalue weighted by atomic mass is 28.4. The van der Waals surface area contributed by atoms with Crippen molar-refractivity contribution in [2.75, 3.05) is 13.2 Å². The van der Waals surface area contributed by atoms with Crippen molar-refractivity contribution < 1.29 is 8.85 Å². The highest BCUT2D eigenvalue weighted by Crippen LogP contribution is 2.26. The lowest BCUT2D eigenvalue weighted by Crippen LogP contribution is -2.42. The zero-order valence-electron chi connectivity index (χ0n) is 18.0. The van der Waals surface area contributed by atoms with Gasteiger partial charge in [-0.15, -0.1) is 0 Å². The summed E-state index contributed by atoms with van der Waals surface area (Å²) in [5.74, 6) is 0. The van der Waals surface area contributed by atoms with Crippen LogP contribution in [0.5, 0.6) is 0 Å². The summed E-state index contributed by atoms with van der Waals surface area (Å²) in [5, 5.41) is 0. The van der Waals surface area contributed by atoms with Crippen LogP contribution in [-0.2, 0) is 8.85 Å². The van der Waals surface area contributed by atoms with Crippen molar-refractivity contribution in [3.63, 3.8) is 0 Å². The van der Waals surface area contributed by atoms with Gasteiger partial charge in [0.25, 0.3) is 0 Å². The monoisotopic (exact) mass is 372 g/mol. The van der Waals surface area contributed by atoms with Gasteiger partial charge in [-0.05, 0) is 25.9 Å². The fraction of sp³-hybridized carbons (Fsp3) is 1.00. The molecule has 0 radical (unpaired) electrons. The number of rotatable bonds is 20. The molecule has 0 heterocycles. The van der Waals surface area contributed by atoms with Gasteiger partial charge in [-0.25, -0.2) is 0 Å². The van der Waals surface area contributed by atoms with Gasteiger partial charge in [-0.3, -0.25) is 0 Å². The molecule has 2 nitrogen and oxygen atoms in total. The molecule has 0 bridgehead atoms. The van der Waals surface area contributed by atoms with Gasteiger partial charge in [0.2, 0.25) is 0 Å². The molecule has 0 N–H and O–H groups in total. The van der Waals surface area contributed by atoms with Crippen LogP contribution in [0.1, 0.15) is 118 Å². The Kier molecular flexibility index (Phi) is 19.0. The van der Waals surface area contributed by atoms with Crippen LogP contribution in [-0.4, -0.2) is 21.8 Å². The first-order chi connectivity index (χ1) is 12.2. The lowest BCUT2D eigenvalue weighted by molar-refractivity contribution is 0.180. The third-order valence-electron chi connectivity index (χ3n) is 5.14. The maximum atomic E-state index is 6.27. The number of hydrogen-bond acceptors (Lipinski definition) is 2. The number of unbranched alkanes of at least 4 members (excludes halogenated alkanes) is 12. The van der Waals surface area contributed by atoms with E-state index in [2.05, 4.69) is 27.7 Å². The highest BCUT2D eigenvalue weighted by molar-refractivity contribution is 6.67. The van der Waals surface area contributed by atoms with E-state index in [-0.39, 0.29) is 0 Å². The van der Waals surface area contributed by atoms with Crippen molar-refractivity contribution in [3.05, 3.63) is 0 Å². The zero-order chi connectivity index (χ0) is 18.6. The van der Waals surface area contributed by atoms with E-state index in [4.69, 9.17) is 8.85 Å². The van der Waals surface area contributed by atoms with E-state index in [1.807, 2.05) is 0 Å². The minimum atomic E-state index is -1.95. The predicted molar refractivity (Wildman–Crippen MR) is 115 cm³/mol. The molecule has 25 heavy (non-hydrogen) atoms. The maximum Gasteiger partial charge on any atom is 0.338 e. The van der Waals surface area contributed by atoms with Crippen LogP contribution in [0.15, 0.2) is 0 Å². The van der Waals surface area contributed by atoms with Crippen LogP contribution < -0.4 is 0 Å². The van der Waals surface area contributed by atoms with Crippen molar-refractivity contribution >= 4 is 8.56 Å². The van der Waals surface area contributed by atoms with Gasteiger partial charge in [0, 0.05) is 13.2 Å². The zero-order valence-corrected chi connectivity index (χ0v) is 19.0. The van der Waals surface area contributed by atoms with Crippen LogP contribution >= 0.6 is 0 Å². The standard InChI is InChI=1S/C22H48O2Si/c1-5-9-11-13-15-16-18-20-22-25(23-7-3,24-8-4)21-19-17-14-12-10-6-2/h5-22H2,1-4H3. The molecule has 0 aromatic heterocycles. The average molecular weight is 373 g/mol. The van der Waals surface area contributed by atoms with E-state index in [1.165, 1.54) is 102 Å². The van der Waals surface area contributed by atoms with Crippen LogP contribution in [0.4, 0.5) is 0 Å². The Labute approximate surface area is 160 Å². The molecule has 0 aliphatic carbocycles. The summed E-state index contributed by atoms with van der Waals surface area (Å²) in [7, 11) is -1.95. The summed E-state index contributed by atoms with van der Waals surface area (Å²) in [6.45, 7) is 10.5. The van der Waals surface area contributed by atoms with Gasteiger partial charge in [0.05, 0.1) is 0 Å². The van der Waals surface area contributed by atoms with Crippen LogP contribution in [0.2, 0.25) is 12.1 Å². The summed E-state index contributed by atoms with van der Waals surface area (Å²) in [4.78, 5) is 0. The van der Waals surface area contributed by atoms with Gasteiger partial charge >= 0.3 is 8.56 Å². The van der Waals surface area contributed by atoms with Crippen molar-refractivity contribution in [1.29, 1.82) is 0 Å². The molecule has 0 saturated carbocycles. The summed E-state index contributed by atoms with van der Waals surface area (Å²) in [5.41, 5.74) is 0. The third kappa shape index (κ3) is 14.9. The van der Waals surface area contributed by atoms with Crippen molar-refractivity contribution in [2.24, 2.45) is 0 Å². The second kappa shape index (κ2) is 18.9. The van der Waals surface area contributed by atoms with E-state index in [0.717, 1.165) is 13.2 Å². The van der Waals surface area contributed by atoms with E-state index in [1.54, 1.807) is 0 Å². The molecule has 0 atom stereocenters. The van der Waals surface area contributed by atoms with Crippen LogP contribution in [0, 0.1) is 0 Å². The smallest absolute Gasteiger partial charge is 0.338 e. The second-order valence-corrected chi connectivity index (χ2v) is 10.9. The lowest BCUT2D eigenvalue weighted by Gasteiger charge is -2.30. The van der Waals surface area contributed by atoms with Crippen LogP contribution in [0.3, 0.4) is 0 Å². The van der Waals surface area contributed by atoms with Gasteiger partial charge in [-0.2, -0.15) is 0 Å². The van der Waals surface area contributed by atoms with Gasteiger partial charge in [0.15, 0.2) is 0 Å². The lowest BCUT2D eigenvalue weighted by atomic mass is 10.1. The molecular formula is C22H48O2Si. The Morgan fingerprint density at radius 3 is 1.08 bits per heavy atom. The predicted octanol–water partition coefficient (Wildman–Crippen LogP) is 8.00. The van der Waals surface area contributed by atoms with E-state index in [0.29, 0.717) is 0 Å². The van der Waals surface area contributed by atoms with Crippen LogP contribution in [0.25, 0.3) is 0 Å². The summed E-state index contributed by atoms with van der Waals surface area (Å²) in [6, 6.07) is 2.41. The molecule has 0 saturated heterocycles. The first-order valence-electron chi connectivity index (χ1n) is 11.5. The fourth-order valence-corrected chi connectivity index (χ4v) is 7.22. The van der Waals surface area contributed by atoms with Crippen molar-refractivity contribution in [1.82, 2.24) is 0 Å². The third-order valence-corrected chi connectivity index (χ3v) is 9.00. The molecule has 0 fully saturated rings. The molecular weight excluding hydrogens is 324 g/mol. The highest BCUT2D eigenvalue weighted by Gasteiger charge is 2.35. The first kappa shape index (κ1) is 25.1. The van der Waals surface area contributed by atoms with Crippen molar-refractivity contribution in [2.45, 2.75) is 130 Å². The SMILES string of the molecule is CCCCCCCCCC[Si](CCCCCCCC)(OCC)OCC.